The molecule has 7 heteroatoms. The van der Waals surface area contributed by atoms with Crippen LogP contribution < -0.4 is 5.32 Å². The number of halogens is 1. The molecular weight excluding hydrogens is 360 g/mol. The van der Waals surface area contributed by atoms with Crippen LogP contribution in [-0.4, -0.2) is 17.0 Å². The molecular formula is C18H19ClN2O3S. The molecule has 1 heterocycles. The third kappa shape index (κ3) is 3.73. The van der Waals surface area contributed by atoms with Gasteiger partial charge in [-0.3, -0.25) is 9.59 Å². The summed E-state index contributed by atoms with van der Waals surface area (Å²) in [5.41, 5.74) is 1.59. The maximum Gasteiger partial charge on any atom is 0.307 e. The molecule has 2 aliphatic rings. The van der Waals surface area contributed by atoms with E-state index < -0.39 is 17.8 Å². The summed E-state index contributed by atoms with van der Waals surface area (Å²) in [7, 11) is 0. The lowest BCUT2D eigenvalue weighted by molar-refractivity contribution is -0.146. The molecule has 0 saturated carbocycles. The van der Waals surface area contributed by atoms with Gasteiger partial charge in [0.2, 0.25) is 5.91 Å². The highest BCUT2D eigenvalue weighted by Gasteiger charge is 2.36. The van der Waals surface area contributed by atoms with Crippen LogP contribution in [-0.2, 0) is 22.4 Å². The third-order valence-corrected chi connectivity index (χ3v) is 6.43. The molecule has 0 spiro atoms. The average molecular weight is 379 g/mol. The number of carbonyl (C=O) groups is 2. The smallest absolute Gasteiger partial charge is 0.307 e. The average Bonchev–Trinajstić information content (AvgIpc) is 2.74. The van der Waals surface area contributed by atoms with Crippen molar-refractivity contribution in [2.24, 2.45) is 11.8 Å². The number of fused-ring (bicyclic) bond motifs is 1. The van der Waals surface area contributed by atoms with E-state index in [9.17, 15) is 20.0 Å². The summed E-state index contributed by atoms with van der Waals surface area (Å²) >= 11 is 7.48. The monoisotopic (exact) mass is 378 g/mol. The molecule has 0 radical (unpaired) electrons. The van der Waals surface area contributed by atoms with Crippen LogP contribution in [0.4, 0.5) is 5.00 Å². The minimum absolute atomic E-state index is 0.220. The van der Waals surface area contributed by atoms with Gasteiger partial charge in [0.05, 0.1) is 17.4 Å². The van der Waals surface area contributed by atoms with Crippen LogP contribution in [0.3, 0.4) is 0 Å². The van der Waals surface area contributed by atoms with Gasteiger partial charge in [0.15, 0.2) is 0 Å². The minimum Gasteiger partial charge on any atom is -0.481 e. The molecule has 1 aromatic rings. The van der Waals surface area contributed by atoms with Gasteiger partial charge < -0.3 is 10.4 Å². The van der Waals surface area contributed by atoms with Gasteiger partial charge in [0.1, 0.15) is 11.1 Å². The first-order valence-electron chi connectivity index (χ1n) is 8.44. The van der Waals surface area contributed by atoms with Gasteiger partial charge in [-0.15, -0.1) is 11.3 Å². The number of nitrogens with one attached hydrogen (secondary N) is 1. The summed E-state index contributed by atoms with van der Waals surface area (Å²) in [4.78, 5) is 25.3. The molecule has 0 aromatic carbocycles. The molecule has 2 N–H and O–H groups in total. The topological polar surface area (TPSA) is 90.2 Å². The lowest BCUT2D eigenvalue weighted by Gasteiger charge is -2.25. The molecule has 0 unspecified atom stereocenters. The first-order chi connectivity index (χ1) is 12.0. The summed E-state index contributed by atoms with van der Waals surface area (Å²) in [6.07, 6.45) is 7.22. The van der Waals surface area contributed by atoms with Crippen LogP contribution in [0.25, 0.3) is 0 Å². The summed E-state index contributed by atoms with van der Waals surface area (Å²) in [5.74, 6) is -2.87. The SMILES string of the molecule is N#Cc1c(NC(=O)[C@H]2CC(Cl)=CC[C@@H]2C(=O)O)sc2c1CCCCC2. The van der Waals surface area contributed by atoms with Crippen molar-refractivity contribution in [1.29, 1.82) is 5.26 Å². The standard InChI is InChI=1S/C18H19ClN2O3S/c19-10-6-7-12(18(23)24)13(8-10)16(22)21-17-14(9-20)11-4-2-1-3-5-15(11)25-17/h6,12-13H,1-5,7-8H2,(H,21,22)(H,23,24)/t12-,13-/m0/s1. The first kappa shape index (κ1) is 18.0. The Morgan fingerprint density at radius 3 is 2.76 bits per heavy atom. The summed E-state index contributed by atoms with van der Waals surface area (Å²) in [5, 5.41) is 22.8. The van der Waals surface area contributed by atoms with Gasteiger partial charge in [-0.1, -0.05) is 24.1 Å². The zero-order chi connectivity index (χ0) is 18.0. The van der Waals surface area contributed by atoms with Gasteiger partial charge >= 0.3 is 5.97 Å². The Balaban J connectivity index is 1.84. The van der Waals surface area contributed by atoms with Crippen molar-refractivity contribution in [3.63, 3.8) is 0 Å². The molecule has 0 fully saturated rings. The molecule has 1 amide bonds. The molecule has 25 heavy (non-hydrogen) atoms. The van der Waals surface area contributed by atoms with Gasteiger partial charge in [0, 0.05) is 9.91 Å². The number of aliphatic carboxylic acids is 1. The van der Waals surface area contributed by atoms with Crippen LogP contribution in [0.5, 0.6) is 0 Å². The molecule has 1 aromatic heterocycles. The normalized spacial score (nSPS) is 23.0. The number of carbonyl (C=O) groups excluding carboxylic acids is 1. The van der Waals surface area contributed by atoms with E-state index in [1.54, 1.807) is 6.08 Å². The van der Waals surface area contributed by atoms with Crippen LogP contribution in [0.1, 0.15) is 48.1 Å². The molecule has 3 rings (SSSR count). The molecule has 2 aliphatic carbocycles. The maximum absolute atomic E-state index is 12.7. The zero-order valence-corrected chi connectivity index (χ0v) is 15.3. The molecule has 0 aliphatic heterocycles. The Morgan fingerprint density at radius 1 is 1.28 bits per heavy atom. The number of hydrogen-bond acceptors (Lipinski definition) is 4. The number of anilines is 1. The van der Waals surface area contributed by atoms with E-state index in [-0.39, 0.29) is 18.7 Å². The van der Waals surface area contributed by atoms with Crippen LogP contribution >= 0.6 is 22.9 Å². The highest BCUT2D eigenvalue weighted by molar-refractivity contribution is 7.16. The van der Waals surface area contributed by atoms with Gasteiger partial charge in [-0.2, -0.15) is 5.26 Å². The molecule has 0 saturated heterocycles. The number of rotatable bonds is 3. The van der Waals surface area contributed by atoms with Crippen molar-refractivity contribution in [3.8, 4) is 6.07 Å². The largest absolute Gasteiger partial charge is 0.481 e. The Bertz CT molecular complexity index is 778. The van der Waals surface area contributed by atoms with Crippen LogP contribution in [0.2, 0.25) is 0 Å². The van der Waals surface area contributed by atoms with Gasteiger partial charge in [-0.25, -0.2) is 0 Å². The number of aryl methyl sites for hydroxylation is 1. The van der Waals surface area contributed by atoms with Crippen molar-refractivity contribution >= 4 is 39.8 Å². The number of allylic oxidation sites excluding steroid dienone is 2. The number of carboxylic acids is 1. The van der Waals surface area contributed by atoms with E-state index in [0.29, 0.717) is 15.6 Å². The van der Waals surface area contributed by atoms with Crippen molar-refractivity contribution in [2.75, 3.05) is 5.32 Å². The minimum atomic E-state index is -0.997. The van der Waals surface area contributed by atoms with Crippen molar-refractivity contribution in [1.82, 2.24) is 0 Å². The van der Waals surface area contributed by atoms with Crippen LogP contribution in [0, 0.1) is 23.2 Å². The van der Waals surface area contributed by atoms with Crippen molar-refractivity contribution < 1.29 is 14.7 Å². The second kappa shape index (κ2) is 7.59. The Kier molecular flexibility index (Phi) is 5.45. The Labute approximate surface area is 155 Å². The fraction of sp³-hybridized carbons (Fsp3) is 0.500. The van der Waals surface area contributed by atoms with Gasteiger partial charge in [0.25, 0.3) is 0 Å². The lowest BCUT2D eigenvalue weighted by Crippen LogP contribution is -2.35. The highest BCUT2D eigenvalue weighted by Crippen LogP contribution is 2.38. The quantitative estimate of drug-likeness (QED) is 0.776. The third-order valence-electron chi connectivity index (χ3n) is 4.92. The summed E-state index contributed by atoms with van der Waals surface area (Å²) < 4.78 is 0. The summed E-state index contributed by atoms with van der Waals surface area (Å²) in [6.45, 7) is 0. The number of thiophene rings is 1. The van der Waals surface area contributed by atoms with E-state index in [1.807, 2.05) is 0 Å². The van der Waals surface area contributed by atoms with E-state index >= 15 is 0 Å². The highest BCUT2D eigenvalue weighted by atomic mass is 35.5. The Morgan fingerprint density at radius 2 is 2.04 bits per heavy atom. The van der Waals surface area contributed by atoms with E-state index in [4.69, 9.17) is 11.6 Å². The predicted octanol–water partition coefficient (Wildman–Crippen LogP) is 4.06. The number of nitriles is 1. The second-order valence-corrected chi connectivity index (χ2v) is 8.10. The van der Waals surface area contributed by atoms with Gasteiger partial charge in [-0.05, 0) is 44.1 Å². The zero-order valence-electron chi connectivity index (χ0n) is 13.7. The second-order valence-electron chi connectivity index (χ2n) is 6.51. The molecule has 0 bridgehead atoms. The number of carboxylic acid groups (broad SMARTS) is 1. The number of nitrogens with zero attached hydrogens (tertiary/aromatic N) is 1. The van der Waals surface area contributed by atoms with Crippen molar-refractivity contribution in [3.05, 3.63) is 27.1 Å². The molecule has 5 nitrogen and oxygen atoms in total. The Hall–Kier alpha value is -1.84. The first-order valence-corrected chi connectivity index (χ1v) is 9.63. The van der Waals surface area contributed by atoms with Crippen molar-refractivity contribution in [2.45, 2.75) is 44.9 Å². The molecule has 2 atom stereocenters. The molecule has 132 valence electrons. The number of hydrogen-bond donors (Lipinski definition) is 2. The summed E-state index contributed by atoms with van der Waals surface area (Å²) in [6, 6.07) is 2.22. The van der Waals surface area contributed by atoms with E-state index in [0.717, 1.165) is 37.7 Å². The maximum atomic E-state index is 12.7. The fourth-order valence-corrected chi connectivity index (χ4v) is 5.05. The lowest BCUT2D eigenvalue weighted by atomic mass is 9.82. The fourth-order valence-electron chi connectivity index (χ4n) is 3.56. The van der Waals surface area contributed by atoms with E-state index in [1.165, 1.54) is 16.2 Å². The van der Waals surface area contributed by atoms with E-state index in [2.05, 4.69) is 11.4 Å². The van der Waals surface area contributed by atoms with Crippen LogP contribution in [0.15, 0.2) is 11.1 Å². The number of amides is 1. The predicted molar refractivity (Wildman–Crippen MR) is 96.7 cm³/mol.